The minimum atomic E-state index is -4.43. The number of hydrogen-bond acceptors (Lipinski definition) is 8. The number of aliphatic carboxylic acids is 1. The first kappa shape index (κ1) is 31.2. The number of thioether (sulfide) groups is 1. The summed E-state index contributed by atoms with van der Waals surface area (Å²) in [4.78, 5) is 21.3. The van der Waals surface area contributed by atoms with Crippen molar-refractivity contribution in [3.8, 4) is 22.1 Å². The first-order valence-corrected chi connectivity index (χ1v) is 16.1. The normalized spacial score (nSPS) is 15.2. The van der Waals surface area contributed by atoms with Crippen LogP contribution < -0.4 is 14.4 Å². The molecule has 0 saturated carbocycles. The highest BCUT2D eigenvalue weighted by Crippen LogP contribution is 2.35. The highest BCUT2D eigenvalue weighted by atomic mass is 32.2. The largest absolute Gasteiger partial charge is 0.493 e. The molecule has 0 aliphatic carbocycles. The number of thiazole rings is 1. The monoisotopic (exact) mass is 659 g/mol. The lowest BCUT2D eigenvalue weighted by atomic mass is 10.1. The number of rotatable bonds is 10. The van der Waals surface area contributed by atoms with Crippen LogP contribution in [0.25, 0.3) is 10.6 Å². The molecule has 45 heavy (non-hydrogen) atoms. The van der Waals surface area contributed by atoms with Gasteiger partial charge in [0.05, 0.1) is 28.5 Å². The van der Waals surface area contributed by atoms with Gasteiger partial charge in [-0.25, -0.2) is 9.37 Å². The van der Waals surface area contributed by atoms with Crippen LogP contribution in [0.15, 0.2) is 65.6 Å². The van der Waals surface area contributed by atoms with E-state index in [1.165, 1.54) is 46.9 Å². The van der Waals surface area contributed by atoms with Crippen molar-refractivity contribution in [3.05, 3.63) is 88.2 Å². The molecule has 0 amide bonds. The summed E-state index contributed by atoms with van der Waals surface area (Å²) in [5, 5.41) is 9.44. The molecule has 1 fully saturated rings. The number of aromatic nitrogens is 1. The van der Waals surface area contributed by atoms with E-state index in [-0.39, 0.29) is 23.0 Å². The van der Waals surface area contributed by atoms with Crippen molar-refractivity contribution in [2.75, 3.05) is 43.4 Å². The van der Waals surface area contributed by atoms with E-state index in [2.05, 4.69) is 21.9 Å². The third-order valence-corrected chi connectivity index (χ3v) is 9.80. The fourth-order valence-electron chi connectivity index (χ4n) is 5.27. The van der Waals surface area contributed by atoms with Gasteiger partial charge in [-0.1, -0.05) is 12.1 Å². The lowest BCUT2D eigenvalue weighted by Crippen LogP contribution is -2.46. The van der Waals surface area contributed by atoms with E-state index in [0.717, 1.165) is 72.8 Å². The molecule has 0 radical (unpaired) electrons. The maximum atomic E-state index is 14.6. The molecule has 2 aliphatic heterocycles. The highest BCUT2D eigenvalue weighted by molar-refractivity contribution is 8.00. The zero-order chi connectivity index (χ0) is 31.6. The SMILES string of the molecule is O=C(O)CSc1ccc(OCc2sc(-c3ccc(C(F)(F)F)cc3)nc2CN2CCN(c3ccc4c(c3)CCO4)CC2)cc1F. The molecule has 3 heterocycles. The predicted octanol–water partition coefficient (Wildman–Crippen LogP) is 6.98. The van der Waals surface area contributed by atoms with Gasteiger partial charge in [-0.3, -0.25) is 9.69 Å². The van der Waals surface area contributed by atoms with Gasteiger partial charge in [-0.05, 0) is 48.0 Å². The molecule has 1 N–H and O–H groups in total. The lowest BCUT2D eigenvalue weighted by Gasteiger charge is -2.36. The van der Waals surface area contributed by atoms with Crippen molar-refractivity contribution in [1.29, 1.82) is 0 Å². The molecular weight excluding hydrogens is 630 g/mol. The van der Waals surface area contributed by atoms with Crippen LogP contribution in [0.5, 0.6) is 11.5 Å². The number of hydrogen-bond donors (Lipinski definition) is 1. The average Bonchev–Trinajstić information content (AvgIpc) is 3.66. The van der Waals surface area contributed by atoms with Gasteiger partial charge < -0.3 is 19.5 Å². The van der Waals surface area contributed by atoms with E-state index in [1.807, 2.05) is 6.07 Å². The highest BCUT2D eigenvalue weighted by Gasteiger charge is 2.30. The standard InChI is InChI=1S/C32H29F4N3O4S2/c33-25-16-24(6-8-28(25)44-19-30(40)41)43-18-29-26(37-31(45-29)20-1-3-22(4-2-20)32(34,35)36)17-38-10-12-39(13-11-38)23-5-7-27-21(15-23)9-14-42-27/h1-8,15-16H,9-14,17-19H2,(H,40,41). The van der Waals surface area contributed by atoms with E-state index in [1.54, 1.807) is 6.07 Å². The van der Waals surface area contributed by atoms with Crippen LogP contribution in [0.4, 0.5) is 23.2 Å². The van der Waals surface area contributed by atoms with Gasteiger partial charge in [0.25, 0.3) is 0 Å². The lowest BCUT2D eigenvalue weighted by molar-refractivity contribution is -0.137. The molecule has 4 aromatic rings. The van der Waals surface area contributed by atoms with E-state index in [4.69, 9.17) is 19.6 Å². The minimum Gasteiger partial charge on any atom is -0.493 e. The van der Waals surface area contributed by atoms with E-state index in [9.17, 15) is 22.4 Å². The van der Waals surface area contributed by atoms with Crippen LogP contribution >= 0.6 is 23.1 Å². The molecule has 3 aromatic carbocycles. The number of carboxylic acids is 1. The third kappa shape index (κ3) is 7.54. The van der Waals surface area contributed by atoms with Gasteiger partial charge in [0.2, 0.25) is 0 Å². The summed E-state index contributed by atoms with van der Waals surface area (Å²) in [7, 11) is 0. The van der Waals surface area contributed by atoms with Crippen molar-refractivity contribution in [2.24, 2.45) is 0 Å². The molecule has 7 nitrogen and oxygen atoms in total. The number of nitrogens with zero attached hydrogens (tertiary/aromatic N) is 3. The Morgan fingerprint density at radius 3 is 2.53 bits per heavy atom. The molecule has 0 atom stereocenters. The molecule has 1 saturated heterocycles. The zero-order valence-corrected chi connectivity index (χ0v) is 25.6. The summed E-state index contributed by atoms with van der Waals surface area (Å²) in [6.45, 7) is 4.57. The summed E-state index contributed by atoms with van der Waals surface area (Å²) in [6.07, 6.45) is -3.52. The predicted molar refractivity (Wildman–Crippen MR) is 165 cm³/mol. The molecule has 0 bridgehead atoms. The minimum absolute atomic E-state index is 0.0891. The number of ether oxygens (including phenoxy) is 2. The van der Waals surface area contributed by atoms with Crippen LogP contribution in [-0.2, 0) is 30.5 Å². The molecule has 13 heteroatoms. The molecule has 0 spiro atoms. The molecule has 6 rings (SSSR count). The van der Waals surface area contributed by atoms with Gasteiger partial charge >= 0.3 is 12.1 Å². The molecular formula is C32H29F4N3O4S2. The average molecular weight is 660 g/mol. The first-order valence-electron chi connectivity index (χ1n) is 14.3. The number of anilines is 1. The van der Waals surface area contributed by atoms with Crippen molar-refractivity contribution >= 4 is 34.8 Å². The van der Waals surface area contributed by atoms with Crippen molar-refractivity contribution in [3.63, 3.8) is 0 Å². The maximum absolute atomic E-state index is 14.6. The summed E-state index contributed by atoms with van der Waals surface area (Å²) in [6, 6.07) is 15.5. The number of carboxylic acid groups (broad SMARTS) is 1. The zero-order valence-electron chi connectivity index (χ0n) is 24.0. The van der Waals surface area contributed by atoms with Gasteiger partial charge in [0, 0.05) is 61.4 Å². The van der Waals surface area contributed by atoms with Gasteiger partial charge in [0.15, 0.2) is 0 Å². The second-order valence-electron chi connectivity index (χ2n) is 10.7. The summed E-state index contributed by atoms with van der Waals surface area (Å²) in [5.74, 6) is -0.653. The van der Waals surface area contributed by atoms with Crippen LogP contribution in [0, 0.1) is 5.82 Å². The Kier molecular flexibility index (Phi) is 9.20. The van der Waals surface area contributed by atoms with Crippen LogP contribution in [0.2, 0.25) is 0 Å². The third-order valence-electron chi connectivity index (χ3n) is 7.65. The Labute approximate surface area is 265 Å². The number of piperazine rings is 1. The Morgan fingerprint density at radius 2 is 1.82 bits per heavy atom. The Hall–Kier alpha value is -3.81. The Balaban J connectivity index is 1.17. The quantitative estimate of drug-likeness (QED) is 0.144. The van der Waals surface area contributed by atoms with E-state index < -0.39 is 23.5 Å². The molecule has 2 aliphatic rings. The summed E-state index contributed by atoms with van der Waals surface area (Å²) < 4.78 is 65.6. The number of fused-ring (bicyclic) bond motifs is 1. The topological polar surface area (TPSA) is 75.1 Å². The number of alkyl halides is 3. The van der Waals surface area contributed by atoms with Crippen molar-refractivity contribution in [1.82, 2.24) is 9.88 Å². The van der Waals surface area contributed by atoms with E-state index in [0.29, 0.717) is 23.7 Å². The van der Waals surface area contributed by atoms with Gasteiger partial charge in [-0.2, -0.15) is 13.2 Å². The van der Waals surface area contributed by atoms with Crippen LogP contribution in [0.3, 0.4) is 0 Å². The number of carbonyl (C=O) groups is 1. The Morgan fingerprint density at radius 1 is 1.04 bits per heavy atom. The van der Waals surface area contributed by atoms with Gasteiger partial charge in [0.1, 0.15) is 28.9 Å². The van der Waals surface area contributed by atoms with Crippen LogP contribution in [-0.4, -0.2) is 59.5 Å². The molecule has 1 aromatic heterocycles. The fraction of sp³-hybridized carbons (Fsp3) is 0.312. The maximum Gasteiger partial charge on any atom is 0.416 e. The molecule has 0 unspecified atom stereocenters. The number of halogens is 4. The van der Waals surface area contributed by atoms with Crippen molar-refractivity contribution < 1.29 is 36.9 Å². The molecule has 236 valence electrons. The summed E-state index contributed by atoms with van der Waals surface area (Å²) in [5.41, 5.74) is 2.99. The number of benzene rings is 3. The second kappa shape index (κ2) is 13.3. The fourth-order valence-corrected chi connectivity index (χ4v) is 6.90. The Bertz CT molecular complexity index is 1670. The van der Waals surface area contributed by atoms with Gasteiger partial charge in [-0.15, -0.1) is 23.1 Å². The van der Waals surface area contributed by atoms with Crippen LogP contribution in [0.1, 0.15) is 21.7 Å². The first-order chi connectivity index (χ1) is 21.6. The smallest absolute Gasteiger partial charge is 0.416 e. The van der Waals surface area contributed by atoms with Crippen molar-refractivity contribution in [2.45, 2.75) is 30.6 Å². The summed E-state index contributed by atoms with van der Waals surface area (Å²) >= 11 is 2.22. The second-order valence-corrected chi connectivity index (χ2v) is 12.8. The van der Waals surface area contributed by atoms with E-state index >= 15 is 0 Å².